The summed E-state index contributed by atoms with van der Waals surface area (Å²) < 4.78 is 44.7. The molecule has 5 nitrogen and oxygen atoms in total. The highest BCUT2D eigenvalue weighted by Crippen LogP contribution is 2.37. The minimum absolute atomic E-state index is 0.0396. The Morgan fingerprint density at radius 2 is 1.55 bits per heavy atom. The summed E-state index contributed by atoms with van der Waals surface area (Å²) >= 11 is 1.07. The molecule has 0 radical (unpaired) electrons. The Hall–Kier alpha value is -3.59. The van der Waals surface area contributed by atoms with Crippen LogP contribution in [0.2, 0.25) is 0 Å². The van der Waals surface area contributed by atoms with Gasteiger partial charge in [-0.3, -0.25) is 13.9 Å². The maximum atomic E-state index is 14.7. The van der Waals surface area contributed by atoms with E-state index in [1.807, 2.05) is 0 Å². The quantitative estimate of drug-likeness (QED) is 0.231. The number of thioether (sulfide) groups is 1. The van der Waals surface area contributed by atoms with E-state index in [9.17, 15) is 18.0 Å². The first-order valence-corrected chi connectivity index (χ1v) is 11.0. The van der Waals surface area contributed by atoms with Crippen LogP contribution in [-0.4, -0.2) is 19.1 Å². The number of nitrogens with zero attached hydrogens (tertiary/aromatic N) is 4. The van der Waals surface area contributed by atoms with Crippen molar-refractivity contribution in [2.24, 2.45) is 0 Å². The summed E-state index contributed by atoms with van der Waals surface area (Å²) in [6.07, 6.45) is 0. The molecule has 0 aliphatic heterocycles. The molecular formula is C24H17F3N4OS. The molecule has 1 atom stereocenters. The fraction of sp³-hybridized carbons (Fsp3) is 0.125. The highest BCUT2D eigenvalue weighted by Gasteiger charge is 2.25. The number of benzene rings is 3. The molecule has 3 aromatic carbocycles. The summed E-state index contributed by atoms with van der Waals surface area (Å²) in [6, 6.07) is 19.3. The molecule has 0 N–H and O–H groups in total. The van der Waals surface area contributed by atoms with E-state index in [1.165, 1.54) is 22.8 Å². The van der Waals surface area contributed by atoms with Gasteiger partial charge in [-0.05, 0) is 43.3 Å². The van der Waals surface area contributed by atoms with Crippen molar-refractivity contribution in [2.75, 3.05) is 0 Å². The van der Waals surface area contributed by atoms with E-state index in [1.54, 1.807) is 61.5 Å². The van der Waals surface area contributed by atoms with Crippen LogP contribution in [0.4, 0.5) is 13.2 Å². The molecule has 0 amide bonds. The number of rotatable bonds is 5. The lowest BCUT2D eigenvalue weighted by Crippen LogP contribution is -2.23. The Balaban J connectivity index is 1.69. The van der Waals surface area contributed by atoms with Gasteiger partial charge in [0, 0.05) is 0 Å². The molecule has 0 saturated heterocycles. The lowest BCUT2D eigenvalue weighted by atomic mass is 10.2. The number of para-hydroxylation sites is 4. The van der Waals surface area contributed by atoms with Crippen molar-refractivity contribution in [1.82, 2.24) is 19.1 Å². The molecule has 0 aliphatic carbocycles. The van der Waals surface area contributed by atoms with Crippen LogP contribution < -0.4 is 5.56 Å². The normalized spacial score (nSPS) is 12.6. The van der Waals surface area contributed by atoms with E-state index >= 15 is 0 Å². The Morgan fingerprint density at radius 3 is 2.30 bits per heavy atom. The lowest BCUT2D eigenvalue weighted by molar-refractivity contribution is 0.0715. The summed E-state index contributed by atoms with van der Waals surface area (Å²) in [5.74, 6) is -0.454. The maximum absolute atomic E-state index is 14.7. The summed E-state index contributed by atoms with van der Waals surface area (Å²) in [6.45, 7) is -1.09. The predicted molar refractivity (Wildman–Crippen MR) is 123 cm³/mol. The van der Waals surface area contributed by atoms with Gasteiger partial charge < -0.3 is 0 Å². The third kappa shape index (κ3) is 3.68. The molecule has 0 spiro atoms. The van der Waals surface area contributed by atoms with Crippen molar-refractivity contribution in [1.29, 1.82) is 0 Å². The first-order chi connectivity index (χ1) is 16.0. The van der Waals surface area contributed by atoms with Crippen LogP contribution in [-0.2, 0) is 0 Å². The molecule has 5 aromatic rings. The van der Waals surface area contributed by atoms with Gasteiger partial charge in [-0.2, -0.15) is 8.78 Å². The molecule has 2 heterocycles. The molecule has 166 valence electrons. The molecule has 5 rings (SSSR count). The number of fused-ring (bicyclic) bond motifs is 2. The van der Waals surface area contributed by atoms with Gasteiger partial charge in [0.05, 0.1) is 32.9 Å². The third-order valence-corrected chi connectivity index (χ3v) is 6.35. The molecule has 9 heteroatoms. The summed E-state index contributed by atoms with van der Waals surface area (Å²) in [7, 11) is 0. The van der Waals surface area contributed by atoms with Crippen LogP contribution in [0.25, 0.3) is 27.6 Å². The van der Waals surface area contributed by atoms with Crippen LogP contribution in [0.3, 0.4) is 0 Å². The zero-order valence-corrected chi connectivity index (χ0v) is 18.1. The van der Waals surface area contributed by atoms with Gasteiger partial charge in [0.25, 0.3) is 5.56 Å². The zero-order chi connectivity index (χ0) is 23.1. The molecule has 1 unspecified atom stereocenters. The van der Waals surface area contributed by atoms with E-state index in [-0.39, 0.29) is 16.7 Å². The number of aromatic nitrogens is 4. The van der Waals surface area contributed by atoms with Crippen LogP contribution in [0, 0.1) is 5.82 Å². The molecule has 2 aromatic heterocycles. The van der Waals surface area contributed by atoms with Crippen LogP contribution in [0.5, 0.6) is 0 Å². The standard InChI is InChI=1S/C24H17F3N4OS/c1-14(21-28-18-11-5-7-13-20(18)30(21)23(26)27)33-24-29-17-10-4-2-8-15(17)22(32)31(24)19-12-6-3-9-16(19)25/h2-14,23H,1H3. The summed E-state index contributed by atoms with van der Waals surface area (Å²) in [5.41, 5.74) is 0.791. The monoisotopic (exact) mass is 466 g/mol. The average molecular weight is 466 g/mol. The SMILES string of the molecule is CC(Sc1nc2ccccc2c(=O)n1-c1ccccc1F)c1nc2ccccc2n1C(F)F. The highest BCUT2D eigenvalue weighted by molar-refractivity contribution is 7.99. The topological polar surface area (TPSA) is 52.7 Å². The number of hydrogen-bond donors (Lipinski definition) is 0. The highest BCUT2D eigenvalue weighted by atomic mass is 32.2. The fourth-order valence-electron chi connectivity index (χ4n) is 3.80. The molecular weight excluding hydrogens is 449 g/mol. The van der Waals surface area contributed by atoms with E-state index in [0.717, 1.165) is 16.3 Å². The van der Waals surface area contributed by atoms with E-state index < -0.39 is 23.2 Å². The molecule has 33 heavy (non-hydrogen) atoms. The van der Waals surface area contributed by atoms with E-state index in [4.69, 9.17) is 0 Å². The zero-order valence-electron chi connectivity index (χ0n) is 17.3. The van der Waals surface area contributed by atoms with Gasteiger partial charge in [0.1, 0.15) is 11.6 Å². The van der Waals surface area contributed by atoms with Crippen molar-refractivity contribution < 1.29 is 13.2 Å². The van der Waals surface area contributed by atoms with Gasteiger partial charge in [0.15, 0.2) is 5.16 Å². The summed E-state index contributed by atoms with van der Waals surface area (Å²) in [4.78, 5) is 22.3. The minimum Gasteiger partial charge on any atom is -0.269 e. The van der Waals surface area contributed by atoms with E-state index in [0.29, 0.717) is 21.9 Å². The van der Waals surface area contributed by atoms with Crippen molar-refractivity contribution >= 4 is 33.7 Å². The fourth-order valence-corrected chi connectivity index (χ4v) is 4.83. The smallest absolute Gasteiger partial charge is 0.269 e. The van der Waals surface area contributed by atoms with Gasteiger partial charge in [0.2, 0.25) is 0 Å². The number of alkyl halides is 2. The second-order valence-electron chi connectivity index (χ2n) is 7.37. The second-order valence-corrected chi connectivity index (χ2v) is 8.68. The van der Waals surface area contributed by atoms with Gasteiger partial charge in [-0.25, -0.2) is 14.4 Å². The van der Waals surface area contributed by atoms with Gasteiger partial charge in [-0.15, -0.1) is 0 Å². The number of hydrogen-bond acceptors (Lipinski definition) is 4. The maximum Gasteiger partial charge on any atom is 0.320 e. The largest absolute Gasteiger partial charge is 0.320 e. The number of imidazole rings is 1. The molecule has 0 bridgehead atoms. The van der Waals surface area contributed by atoms with Crippen molar-refractivity contribution in [3.63, 3.8) is 0 Å². The predicted octanol–water partition coefficient (Wildman–Crippen LogP) is 6.12. The van der Waals surface area contributed by atoms with Crippen molar-refractivity contribution in [2.45, 2.75) is 23.9 Å². The van der Waals surface area contributed by atoms with Crippen molar-refractivity contribution in [3.05, 3.63) is 94.8 Å². The van der Waals surface area contributed by atoms with Crippen molar-refractivity contribution in [3.8, 4) is 5.69 Å². The first-order valence-electron chi connectivity index (χ1n) is 10.1. The number of halogens is 3. The molecule has 0 aliphatic rings. The first kappa shape index (κ1) is 21.3. The second kappa shape index (κ2) is 8.40. The molecule has 0 saturated carbocycles. The molecule has 0 fully saturated rings. The lowest BCUT2D eigenvalue weighted by Gasteiger charge is -2.17. The summed E-state index contributed by atoms with van der Waals surface area (Å²) in [5, 5.41) is -0.0979. The Bertz CT molecular complexity index is 1550. The van der Waals surface area contributed by atoms with Crippen LogP contribution >= 0.6 is 11.8 Å². The van der Waals surface area contributed by atoms with E-state index in [2.05, 4.69) is 9.97 Å². The Labute approximate surface area is 190 Å². The minimum atomic E-state index is -2.80. The third-order valence-electron chi connectivity index (χ3n) is 5.30. The van der Waals surface area contributed by atoms with Gasteiger partial charge >= 0.3 is 6.55 Å². The Morgan fingerprint density at radius 1 is 0.879 bits per heavy atom. The van der Waals surface area contributed by atoms with Gasteiger partial charge in [-0.1, -0.05) is 48.2 Å². The Kier molecular flexibility index (Phi) is 5.41. The average Bonchev–Trinajstić information content (AvgIpc) is 3.20. The van der Waals surface area contributed by atoms with Crippen LogP contribution in [0.15, 0.2) is 82.7 Å². The van der Waals surface area contributed by atoms with Crippen LogP contribution in [0.1, 0.15) is 24.5 Å².